The number of carbonyl (C=O) groups is 1. The summed E-state index contributed by atoms with van der Waals surface area (Å²) >= 11 is 0. The van der Waals surface area contributed by atoms with Gasteiger partial charge in [0.2, 0.25) is 5.65 Å². The predicted molar refractivity (Wildman–Crippen MR) is 144 cm³/mol. The van der Waals surface area contributed by atoms with Crippen LogP contribution < -0.4 is 10.1 Å². The number of imidazole rings is 1. The molecule has 0 radical (unpaired) electrons. The van der Waals surface area contributed by atoms with Crippen LogP contribution >= 0.6 is 0 Å². The van der Waals surface area contributed by atoms with Gasteiger partial charge in [-0.25, -0.2) is 14.8 Å². The number of likely N-dealkylation sites (tertiary alicyclic amines) is 1. The van der Waals surface area contributed by atoms with Crippen molar-refractivity contribution in [3.63, 3.8) is 0 Å². The highest BCUT2D eigenvalue weighted by Crippen LogP contribution is 2.35. The summed E-state index contributed by atoms with van der Waals surface area (Å²) in [7, 11) is 3.49. The van der Waals surface area contributed by atoms with Gasteiger partial charge in [-0.15, -0.1) is 0 Å². The number of hydrogen-bond acceptors (Lipinski definition) is 7. The average Bonchev–Trinajstić information content (AvgIpc) is 3.45. The predicted octanol–water partition coefficient (Wildman–Crippen LogP) is 4.51. The van der Waals surface area contributed by atoms with Crippen molar-refractivity contribution in [1.29, 1.82) is 5.26 Å². The average molecular weight is 511 g/mol. The van der Waals surface area contributed by atoms with Gasteiger partial charge >= 0.3 is 6.09 Å². The Morgan fingerprint density at radius 3 is 2.63 bits per heavy atom. The molecule has 1 aliphatic heterocycles. The number of methoxy groups -OCH3 is 1. The van der Waals surface area contributed by atoms with Crippen LogP contribution in [0.15, 0.2) is 60.9 Å². The highest BCUT2D eigenvalue weighted by molar-refractivity contribution is 5.81. The number of carbonyl (C=O) groups excluding carboxylic acids is 1. The van der Waals surface area contributed by atoms with Crippen LogP contribution in [0, 0.1) is 17.2 Å². The Balaban J connectivity index is 1.54. The molecule has 0 aliphatic carbocycles. The van der Waals surface area contributed by atoms with Crippen LogP contribution in [0.3, 0.4) is 0 Å². The van der Waals surface area contributed by atoms with Crippen LogP contribution in [0.2, 0.25) is 0 Å². The number of alkyl carbamates (subject to hydrolysis) is 1. The fraction of sp³-hybridized carbons (Fsp3) is 0.310. The zero-order valence-corrected chi connectivity index (χ0v) is 21.6. The first kappa shape index (κ1) is 25.2. The highest BCUT2D eigenvalue weighted by Gasteiger charge is 2.22. The summed E-state index contributed by atoms with van der Waals surface area (Å²) in [6, 6.07) is 17.5. The Bertz CT molecular complexity index is 1460. The molecule has 0 unspecified atom stereocenters. The Morgan fingerprint density at radius 1 is 1.16 bits per heavy atom. The fourth-order valence-corrected chi connectivity index (χ4v) is 4.87. The van der Waals surface area contributed by atoms with Gasteiger partial charge in [0.15, 0.2) is 0 Å². The van der Waals surface area contributed by atoms with Crippen LogP contribution in [0.1, 0.15) is 24.0 Å². The van der Waals surface area contributed by atoms with Gasteiger partial charge in [0.05, 0.1) is 36.7 Å². The molecule has 4 aromatic rings. The van der Waals surface area contributed by atoms with E-state index in [0.29, 0.717) is 36.2 Å². The third-order valence-corrected chi connectivity index (χ3v) is 6.83. The van der Waals surface area contributed by atoms with E-state index in [4.69, 9.17) is 9.72 Å². The molecule has 1 amide bonds. The van der Waals surface area contributed by atoms with E-state index < -0.39 is 6.09 Å². The highest BCUT2D eigenvalue weighted by atomic mass is 16.5. The Morgan fingerprint density at radius 2 is 1.92 bits per heavy atom. The lowest BCUT2D eigenvalue weighted by molar-refractivity contribution is 0.148. The van der Waals surface area contributed by atoms with Gasteiger partial charge in [0.25, 0.3) is 5.88 Å². The number of amides is 1. The standard InChI is InChI=1S/C29H30N6O3/c1-34-14-3-4-22(18-34)19-38-28-27-31-13-15-35(27)26(25(33-28)23-9-5-20(16-30)6-10-23)24-11-7-21(8-12-24)17-32-29(36)37-2/h5-13,15,22H,3-4,14,17-19H2,1-2H3,(H,32,36)/t22-/m1/s1. The molecule has 1 saturated heterocycles. The third kappa shape index (κ3) is 5.45. The number of nitrogens with zero attached hydrogens (tertiary/aromatic N) is 5. The number of nitriles is 1. The molecule has 0 bridgehead atoms. The summed E-state index contributed by atoms with van der Waals surface area (Å²) in [5.74, 6) is 0.931. The molecule has 3 heterocycles. The maximum Gasteiger partial charge on any atom is 0.407 e. The molecule has 38 heavy (non-hydrogen) atoms. The van der Waals surface area contributed by atoms with Gasteiger partial charge in [0.1, 0.15) is 0 Å². The number of nitrogens with one attached hydrogen (secondary N) is 1. The molecule has 1 atom stereocenters. The van der Waals surface area contributed by atoms with E-state index in [1.54, 1.807) is 18.3 Å². The molecular weight excluding hydrogens is 480 g/mol. The normalized spacial score (nSPS) is 15.7. The van der Waals surface area contributed by atoms with E-state index in [1.165, 1.54) is 7.11 Å². The van der Waals surface area contributed by atoms with E-state index in [1.807, 2.05) is 47.0 Å². The van der Waals surface area contributed by atoms with Crippen molar-refractivity contribution >= 4 is 11.7 Å². The number of aromatic nitrogens is 3. The molecule has 9 heteroatoms. The second kappa shape index (κ2) is 11.3. The summed E-state index contributed by atoms with van der Waals surface area (Å²) in [6.45, 7) is 3.06. The van der Waals surface area contributed by atoms with Gasteiger partial charge in [-0.1, -0.05) is 36.4 Å². The van der Waals surface area contributed by atoms with Crippen molar-refractivity contribution in [3.05, 3.63) is 72.1 Å². The van der Waals surface area contributed by atoms with Gasteiger partial charge < -0.3 is 19.7 Å². The molecule has 194 valence electrons. The van der Waals surface area contributed by atoms with Crippen molar-refractivity contribution in [1.82, 2.24) is 24.6 Å². The maximum atomic E-state index is 11.5. The molecule has 2 aromatic carbocycles. The van der Waals surface area contributed by atoms with E-state index in [2.05, 4.69) is 33.1 Å². The zero-order valence-electron chi connectivity index (χ0n) is 21.6. The zero-order chi connectivity index (χ0) is 26.5. The SMILES string of the molecule is COC(=O)NCc1ccc(-c2c(-c3ccc(C#N)cc3)nc(OC[C@@H]3CCCN(C)C3)c3nccn23)cc1. The number of ether oxygens (including phenoxy) is 2. The van der Waals surface area contributed by atoms with Crippen molar-refractivity contribution in [2.75, 3.05) is 33.9 Å². The summed E-state index contributed by atoms with van der Waals surface area (Å²) in [5, 5.41) is 12.0. The summed E-state index contributed by atoms with van der Waals surface area (Å²) < 4.78 is 13.0. The summed E-state index contributed by atoms with van der Waals surface area (Å²) in [5.41, 5.74) is 5.56. The van der Waals surface area contributed by atoms with E-state index in [0.717, 1.165) is 54.0 Å². The summed E-state index contributed by atoms with van der Waals surface area (Å²) in [6.07, 6.45) is 5.48. The molecule has 0 spiro atoms. The lowest BCUT2D eigenvalue weighted by atomic mass is 10.00. The second-order valence-corrected chi connectivity index (χ2v) is 9.55. The molecule has 9 nitrogen and oxygen atoms in total. The summed E-state index contributed by atoms with van der Waals surface area (Å²) in [4.78, 5) is 23.4. The first-order valence-corrected chi connectivity index (χ1v) is 12.7. The molecule has 1 N–H and O–H groups in total. The van der Waals surface area contributed by atoms with E-state index in [-0.39, 0.29) is 0 Å². The molecular formula is C29H30N6O3. The monoisotopic (exact) mass is 510 g/mol. The van der Waals surface area contributed by atoms with Crippen molar-refractivity contribution in [2.24, 2.45) is 5.92 Å². The van der Waals surface area contributed by atoms with Gasteiger partial charge in [-0.3, -0.25) is 4.40 Å². The Hall–Kier alpha value is -4.42. The molecule has 2 aromatic heterocycles. The Kier molecular flexibility index (Phi) is 7.52. The number of fused-ring (bicyclic) bond motifs is 1. The van der Waals surface area contributed by atoms with E-state index in [9.17, 15) is 10.1 Å². The first-order chi connectivity index (χ1) is 18.6. The smallest absolute Gasteiger partial charge is 0.407 e. The molecule has 0 saturated carbocycles. The maximum absolute atomic E-state index is 11.5. The number of hydrogen-bond donors (Lipinski definition) is 1. The van der Waals surface area contributed by atoms with Crippen molar-refractivity contribution in [2.45, 2.75) is 19.4 Å². The number of piperidine rings is 1. The van der Waals surface area contributed by atoms with Crippen LogP contribution in [0.5, 0.6) is 5.88 Å². The van der Waals surface area contributed by atoms with Crippen LogP contribution in [0.4, 0.5) is 4.79 Å². The van der Waals surface area contributed by atoms with Crippen LogP contribution in [0.25, 0.3) is 28.2 Å². The largest absolute Gasteiger partial charge is 0.475 e. The van der Waals surface area contributed by atoms with Gasteiger partial charge in [-0.05, 0) is 44.1 Å². The fourth-order valence-electron chi connectivity index (χ4n) is 4.87. The lowest BCUT2D eigenvalue weighted by Gasteiger charge is -2.29. The van der Waals surface area contributed by atoms with Crippen molar-refractivity contribution < 1.29 is 14.3 Å². The second-order valence-electron chi connectivity index (χ2n) is 9.55. The number of rotatable bonds is 7. The minimum absolute atomic E-state index is 0.358. The third-order valence-electron chi connectivity index (χ3n) is 6.83. The minimum atomic E-state index is -0.475. The lowest BCUT2D eigenvalue weighted by Crippen LogP contribution is -2.34. The number of benzene rings is 2. The van der Waals surface area contributed by atoms with Crippen molar-refractivity contribution in [3.8, 4) is 34.5 Å². The van der Waals surface area contributed by atoms with Crippen LogP contribution in [-0.2, 0) is 11.3 Å². The minimum Gasteiger partial charge on any atom is -0.475 e. The quantitative estimate of drug-likeness (QED) is 0.390. The molecule has 5 rings (SSSR count). The van der Waals surface area contributed by atoms with Gasteiger partial charge in [-0.2, -0.15) is 5.26 Å². The van der Waals surface area contributed by atoms with Gasteiger partial charge in [0, 0.05) is 42.5 Å². The molecule has 1 fully saturated rings. The van der Waals surface area contributed by atoms with Crippen LogP contribution in [-0.4, -0.2) is 59.2 Å². The topological polar surface area (TPSA) is 105 Å². The first-order valence-electron chi connectivity index (χ1n) is 12.7. The van der Waals surface area contributed by atoms with E-state index >= 15 is 0 Å². The molecule has 1 aliphatic rings. The Labute approximate surface area is 221 Å².